The van der Waals surface area contributed by atoms with Gasteiger partial charge in [-0.2, -0.15) is 0 Å². The number of rotatable bonds is 1. The summed E-state index contributed by atoms with van der Waals surface area (Å²) in [6, 6.07) is 1.17. The van der Waals surface area contributed by atoms with Gasteiger partial charge < -0.3 is 15.0 Å². The van der Waals surface area contributed by atoms with Crippen molar-refractivity contribution < 1.29 is 14.3 Å². The summed E-state index contributed by atoms with van der Waals surface area (Å²) in [4.78, 5) is 26.1. The Morgan fingerprint density at radius 2 is 1.95 bits per heavy atom. The maximum Gasteiger partial charge on any atom is 0.333 e. The molecule has 4 rings (SSSR count). The Morgan fingerprint density at radius 1 is 1.25 bits per heavy atom. The zero-order valence-corrected chi connectivity index (χ0v) is 11.7. The predicted molar refractivity (Wildman–Crippen MR) is 71.6 cm³/mol. The fourth-order valence-corrected chi connectivity index (χ4v) is 4.71. The molecule has 4 aliphatic heterocycles. The van der Waals surface area contributed by atoms with Crippen molar-refractivity contribution in [2.75, 3.05) is 6.61 Å². The molecule has 4 heterocycles. The van der Waals surface area contributed by atoms with E-state index in [1.165, 1.54) is 18.9 Å². The molecule has 1 N–H and O–H groups in total. The molecule has 4 atom stereocenters. The van der Waals surface area contributed by atoms with Gasteiger partial charge in [0, 0.05) is 24.2 Å². The molecule has 1 amide bonds. The van der Waals surface area contributed by atoms with E-state index in [1.54, 1.807) is 0 Å². The lowest BCUT2D eigenvalue weighted by Crippen LogP contribution is -2.48. The standard InChI is InChI=1S/C15H20N2O3/c1-9-5-15(6-10-2-3-11(7-15)16-10)14(19)17(9)12-4-13(18)20-8-12/h4,9-11,16H,2-3,5-8H2,1H3/t9-,10-,11+,15?/m1/s1. The molecule has 1 unspecified atom stereocenters. The quantitative estimate of drug-likeness (QED) is 0.724. The molecular weight excluding hydrogens is 256 g/mol. The van der Waals surface area contributed by atoms with Crippen molar-refractivity contribution in [3.05, 3.63) is 11.8 Å². The molecule has 0 saturated carbocycles. The van der Waals surface area contributed by atoms with E-state index in [0.717, 1.165) is 25.0 Å². The van der Waals surface area contributed by atoms with Crippen LogP contribution in [0.1, 0.15) is 39.0 Å². The topological polar surface area (TPSA) is 58.6 Å². The van der Waals surface area contributed by atoms with E-state index in [1.807, 2.05) is 4.90 Å². The van der Waals surface area contributed by atoms with E-state index in [0.29, 0.717) is 12.1 Å². The van der Waals surface area contributed by atoms with Crippen LogP contribution in [0.3, 0.4) is 0 Å². The zero-order valence-electron chi connectivity index (χ0n) is 11.7. The first-order chi connectivity index (χ1) is 9.57. The highest BCUT2D eigenvalue weighted by Crippen LogP contribution is 2.50. The number of likely N-dealkylation sites (tertiary alicyclic amines) is 1. The lowest BCUT2D eigenvalue weighted by Gasteiger charge is -2.36. The first-order valence-corrected chi connectivity index (χ1v) is 7.54. The molecule has 0 radical (unpaired) electrons. The Labute approximate surface area is 118 Å². The van der Waals surface area contributed by atoms with E-state index >= 15 is 0 Å². The maximum atomic E-state index is 13.0. The van der Waals surface area contributed by atoms with Gasteiger partial charge in [-0.25, -0.2) is 4.79 Å². The first kappa shape index (κ1) is 12.4. The van der Waals surface area contributed by atoms with Crippen LogP contribution in [0.5, 0.6) is 0 Å². The zero-order chi connectivity index (χ0) is 13.9. The SMILES string of the molecule is C[C@@H]1CC2(C[C@H]3CC[C@@H](C2)N3)C(=O)N1C1=CC(=O)OC1. The van der Waals surface area contributed by atoms with Crippen molar-refractivity contribution in [3.63, 3.8) is 0 Å². The Morgan fingerprint density at radius 3 is 2.55 bits per heavy atom. The van der Waals surface area contributed by atoms with Crippen LogP contribution < -0.4 is 5.32 Å². The lowest BCUT2D eigenvalue weighted by molar-refractivity contribution is -0.138. The number of piperidine rings is 1. The van der Waals surface area contributed by atoms with E-state index < -0.39 is 0 Å². The highest BCUT2D eigenvalue weighted by atomic mass is 16.5. The minimum Gasteiger partial charge on any atom is -0.456 e. The van der Waals surface area contributed by atoms with Crippen LogP contribution in [-0.4, -0.2) is 41.5 Å². The summed E-state index contributed by atoms with van der Waals surface area (Å²) >= 11 is 0. The number of carbonyl (C=O) groups excluding carboxylic acids is 2. The molecule has 4 aliphatic rings. The number of fused-ring (bicyclic) bond motifs is 2. The van der Waals surface area contributed by atoms with E-state index in [2.05, 4.69) is 12.2 Å². The fourth-order valence-electron chi connectivity index (χ4n) is 4.71. The van der Waals surface area contributed by atoms with Crippen molar-refractivity contribution in [3.8, 4) is 0 Å². The molecule has 0 aromatic rings. The normalized spacial score (nSPS) is 43.4. The number of hydrogen-bond donors (Lipinski definition) is 1. The molecule has 3 fully saturated rings. The smallest absolute Gasteiger partial charge is 0.333 e. The molecule has 3 saturated heterocycles. The van der Waals surface area contributed by atoms with Gasteiger partial charge >= 0.3 is 5.97 Å². The minimum atomic E-state index is -0.327. The summed E-state index contributed by atoms with van der Waals surface area (Å²) in [5.74, 6) is -0.112. The van der Waals surface area contributed by atoms with Crippen LogP contribution in [0.4, 0.5) is 0 Å². The van der Waals surface area contributed by atoms with Crippen molar-refractivity contribution >= 4 is 11.9 Å². The number of hydrogen-bond acceptors (Lipinski definition) is 4. The number of esters is 1. The van der Waals surface area contributed by atoms with Crippen LogP contribution in [0, 0.1) is 5.41 Å². The lowest BCUT2D eigenvalue weighted by atomic mass is 9.73. The van der Waals surface area contributed by atoms with Crippen LogP contribution in [0.2, 0.25) is 0 Å². The second-order valence-corrected chi connectivity index (χ2v) is 6.80. The molecule has 5 nitrogen and oxygen atoms in total. The molecule has 0 aromatic heterocycles. The molecule has 20 heavy (non-hydrogen) atoms. The first-order valence-electron chi connectivity index (χ1n) is 7.54. The minimum absolute atomic E-state index is 0.167. The van der Waals surface area contributed by atoms with E-state index in [9.17, 15) is 9.59 Å². The van der Waals surface area contributed by atoms with E-state index in [4.69, 9.17) is 4.74 Å². The van der Waals surface area contributed by atoms with Crippen LogP contribution >= 0.6 is 0 Å². The highest BCUT2D eigenvalue weighted by molar-refractivity contribution is 5.91. The Balaban J connectivity index is 1.63. The van der Waals surface area contributed by atoms with Gasteiger partial charge in [-0.05, 0) is 39.0 Å². The van der Waals surface area contributed by atoms with Gasteiger partial charge in [0.1, 0.15) is 6.61 Å². The van der Waals surface area contributed by atoms with Gasteiger partial charge in [0.15, 0.2) is 0 Å². The molecule has 1 spiro atoms. The van der Waals surface area contributed by atoms with Crippen LogP contribution in [0.15, 0.2) is 11.8 Å². The van der Waals surface area contributed by atoms with Gasteiger partial charge in [-0.3, -0.25) is 4.79 Å². The van der Waals surface area contributed by atoms with E-state index in [-0.39, 0.29) is 29.9 Å². The second-order valence-electron chi connectivity index (χ2n) is 6.80. The number of amides is 1. The summed E-state index contributed by atoms with van der Waals surface area (Å²) in [6.45, 7) is 2.33. The average Bonchev–Trinajstić information content (AvgIpc) is 3.01. The highest BCUT2D eigenvalue weighted by Gasteiger charge is 2.56. The molecular formula is C15H20N2O3. The number of cyclic esters (lactones) is 1. The van der Waals surface area contributed by atoms with Crippen molar-refractivity contribution in [1.29, 1.82) is 0 Å². The van der Waals surface area contributed by atoms with Crippen LogP contribution in [0.25, 0.3) is 0 Å². The third kappa shape index (κ3) is 1.65. The summed E-state index contributed by atoms with van der Waals surface area (Å²) in [5.41, 5.74) is 0.540. The van der Waals surface area contributed by atoms with Gasteiger partial charge in [0.05, 0.1) is 11.1 Å². The number of carbonyl (C=O) groups is 2. The van der Waals surface area contributed by atoms with Crippen molar-refractivity contribution in [2.45, 2.75) is 57.2 Å². The third-order valence-electron chi connectivity index (χ3n) is 5.36. The molecule has 5 heteroatoms. The fraction of sp³-hybridized carbons (Fsp3) is 0.733. The third-order valence-corrected chi connectivity index (χ3v) is 5.36. The summed E-state index contributed by atoms with van der Waals surface area (Å²) < 4.78 is 4.97. The van der Waals surface area contributed by atoms with Gasteiger partial charge in [-0.1, -0.05) is 0 Å². The Bertz CT molecular complexity index is 501. The molecule has 0 aromatic carbocycles. The average molecular weight is 276 g/mol. The number of nitrogens with one attached hydrogen (secondary N) is 1. The Hall–Kier alpha value is -1.36. The summed E-state index contributed by atoms with van der Waals surface area (Å²) in [7, 11) is 0. The van der Waals surface area contributed by atoms with Crippen molar-refractivity contribution in [1.82, 2.24) is 10.2 Å². The Kier molecular flexibility index (Phi) is 2.52. The monoisotopic (exact) mass is 276 g/mol. The maximum absolute atomic E-state index is 13.0. The predicted octanol–water partition coefficient (Wildman–Crippen LogP) is 0.949. The number of ether oxygens (including phenoxy) is 1. The van der Waals surface area contributed by atoms with Crippen molar-refractivity contribution in [2.24, 2.45) is 5.41 Å². The molecule has 0 aliphatic carbocycles. The van der Waals surface area contributed by atoms with Gasteiger partial charge in [0.2, 0.25) is 5.91 Å². The van der Waals surface area contributed by atoms with Gasteiger partial charge in [0.25, 0.3) is 0 Å². The largest absolute Gasteiger partial charge is 0.456 e. The summed E-state index contributed by atoms with van der Waals surface area (Å²) in [5, 5.41) is 3.60. The molecule has 2 bridgehead atoms. The second kappa shape index (κ2) is 4.07. The molecule has 108 valence electrons. The summed E-state index contributed by atoms with van der Waals surface area (Å²) in [6.07, 6.45) is 6.67. The van der Waals surface area contributed by atoms with Gasteiger partial charge in [-0.15, -0.1) is 0 Å². The van der Waals surface area contributed by atoms with Crippen LogP contribution in [-0.2, 0) is 14.3 Å². The number of nitrogens with zero attached hydrogens (tertiary/aromatic N) is 1.